The lowest BCUT2D eigenvalue weighted by molar-refractivity contribution is -0.0828. The van der Waals surface area contributed by atoms with E-state index in [9.17, 15) is 0 Å². The molecule has 0 radical (unpaired) electrons. The number of nitrogens with one attached hydrogen (secondary N) is 1. The van der Waals surface area contributed by atoms with E-state index in [-0.39, 0.29) is 5.60 Å². The zero-order chi connectivity index (χ0) is 14.0. The Morgan fingerprint density at radius 3 is 2.95 bits per heavy atom. The van der Waals surface area contributed by atoms with Crippen molar-refractivity contribution in [3.8, 4) is 0 Å². The quantitative estimate of drug-likeness (QED) is 0.915. The van der Waals surface area contributed by atoms with E-state index in [2.05, 4.69) is 43.4 Å². The van der Waals surface area contributed by atoms with Crippen molar-refractivity contribution in [3.05, 3.63) is 29.8 Å². The minimum atomic E-state index is -0.0222. The van der Waals surface area contributed by atoms with E-state index in [4.69, 9.17) is 9.47 Å². The van der Waals surface area contributed by atoms with Crippen LogP contribution in [-0.4, -0.2) is 31.5 Å². The van der Waals surface area contributed by atoms with Gasteiger partial charge in [0.2, 0.25) is 0 Å². The summed E-state index contributed by atoms with van der Waals surface area (Å²) in [5.41, 5.74) is 2.60. The maximum Gasteiger partial charge on any atom is 0.0956 e. The Hall–Kier alpha value is -1.06. The minimum Gasteiger partial charge on any atom is -0.382 e. The molecule has 1 N–H and O–H groups in total. The van der Waals surface area contributed by atoms with Crippen molar-refractivity contribution in [2.45, 2.75) is 50.7 Å². The van der Waals surface area contributed by atoms with E-state index in [0.717, 1.165) is 39.1 Å². The van der Waals surface area contributed by atoms with Gasteiger partial charge in [0.05, 0.1) is 12.2 Å². The van der Waals surface area contributed by atoms with Crippen LogP contribution in [0.25, 0.3) is 0 Å². The molecule has 3 heteroatoms. The average molecular weight is 275 g/mol. The van der Waals surface area contributed by atoms with E-state index in [1.165, 1.54) is 11.3 Å². The molecular formula is C17H25NO2. The van der Waals surface area contributed by atoms with Crippen molar-refractivity contribution in [3.63, 3.8) is 0 Å². The fraction of sp³-hybridized carbons (Fsp3) is 0.647. The molecule has 0 aromatic heterocycles. The first kappa shape index (κ1) is 13.9. The predicted octanol–water partition coefficient (Wildman–Crippen LogP) is 3.56. The zero-order valence-corrected chi connectivity index (χ0v) is 12.5. The Morgan fingerprint density at radius 2 is 2.20 bits per heavy atom. The largest absolute Gasteiger partial charge is 0.382 e. The monoisotopic (exact) mass is 275 g/mol. The molecule has 110 valence electrons. The standard InChI is InChI=1S/C17H25NO2/c1-13(2)14-4-3-5-15(10-14)18-16-6-8-20-17(11-16)7-9-19-12-17/h3-5,10,13,16,18H,6-9,11-12H2,1-2H3. The third-order valence-corrected chi connectivity index (χ3v) is 4.48. The Morgan fingerprint density at radius 1 is 1.30 bits per heavy atom. The third kappa shape index (κ3) is 2.99. The highest BCUT2D eigenvalue weighted by molar-refractivity contribution is 5.47. The van der Waals surface area contributed by atoms with Gasteiger partial charge in [-0.3, -0.25) is 0 Å². The summed E-state index contributed by atoms with van der Waals surface area (Å²) in [5, 5.41) is 3.69. The van der Waals surface area contributed by atoms with Crippen molar-refractivity contribution in [1.82, 2.24) is 0 Å². The summed E-state index contributed by atoms with van der Waals surface area (Å²) in [6.45, 7) is 6.91. The average Bonchev–Trinajstić information content (AvgIpc) is 2.87. The van der Waals surface area contributed by atoms with Gasteiger partial charge in [0.1, 0.15) is 0 Å². The fourth-order valence-electron chi connectivity index (χ4n) is 3.24. The zero-order valence-electron chi connectivity index (χ0n) is 12.5. The van der Waals surface area contributed by atoms with Crippen LogP contribution in [-0.2, 0) is 9.47 Å². The summed E-state index contributed by atoms with van der Waals surface area (Å²) < 4.78 is 11.5. The number of rotatable bonds is 3. The molecular weight excluding hydrogens is 250 g/mol. The highest BCUT2D eigenvalue weighted by Gasteiger charge is 2.40. The van der Waals surface area contributed by atoms with E-state index in [1.807, 2.05) is 0 Å². The van der Waals surface area contributed by atoms with Crippen LogP contribution in [0.4, 0.5) is 5.69 Å². The van der Waals surface area contributed by atoms with Gasteiger partial charge in [-0.2, -0.15) is 0 Å². The van der Waals surface area contributed by atoms with Crippen LogP contribution < -0.4 is 5.32 Å². The lowest BCUT2D eigenvalue weighted by Gasteiger charge is -2.37. The topological polar surface area (TPSA) is 30.5 Å². The molecule has 0 saturated carbocycles. The SMILES string of the molecule is CC(C)c1cccc(NC2CCOC3(CCOC3)C2)c1. The summed E-state index contributed by atoms with van der Waals surface area (Å²) in [5.74, 6) is 0.570. The van der Waals surface area contributed by atoms with Crippen LogP contribution >= 0.6 is 0 Å². The molecule has 2 atom stereocenters. The molecule has 2 aliphatic rings. The molecule has 0 aliphatic carbocycles. The van der Waals surface area contributed by atoms with Crippen LogP contribution in [0.15, 0.2) is 24.3 Å². The molecule has 3 rings (SSSR count). The maximum atomic E-state index is 5.99. The molecule has 3 nitrogen and oxygen atoms in total. The van der Waals surface area contributed by atoms with Gasteiger partial charge in [0.25, 0.3) is 0 Å². The molecule has 0 bridgehead atoms. The highest BCUT2D eigenvalue weighted by atomic mass is 16.6. The van der Waals surface area contributed by atoms with Gasteiger partial charge in [-0.05, 0) is 36.5 Å². The van der Waals surface area contributed by atoms with Crippen LogP contribution in [0.1, 0.15) is 44.6 Å². The number of benzene rings is 1. The molecule has 0 amide bonds. The van der Waals surface area contributed by atoms with E-state index < -0.39 is 0 Å². The van der Waals surface area contributed by atoms with Gasteiger partial charge in [-0.1, -0.05) is 26.0 Å². The number of anilines is 1. The fourth-order valence-corrected chi connectivity index (χ4v) is 3.24. The normalized spacial score (nSPS) is 30.1. The molecule has 2 saturated heterocycles. The number of ether oxygens (including phenoxy) is 2. The minimum absolute atomic E-state index is 0.0222. The molecule has 1 aromatic carbocycles. The van der Waals surface area contributed by atoms with Crippen molar-refractivity contribution in [2.24, 2.45) is 0 Å². The van der Waals surface area contributed by atoms with Crippen molar-refractivity contribution in [1.29, 1.82) is 0 Å². The summed E-state index contributed by atoms with van der Waals surface area (Å²) in [6.07, 6.45) is 3.17. The number of hydrogen-bond acceptors (Lipinski definition) is 3. The van der Waals surface area contributed by atoms with Gasteiger partial charge < -0.3 is 14.8 Å². The van der Waals surface area contributed by atoms with Crippen LogP contribution in [0.5, 0.6) is 0 Å². The Balaban J connectivity index is 1.66. The second-order valence-corrected chi connectivity index (χ2v) is 6.45. The van der Waals surface area contributed by atoms with Crippen LogP contribution in [0, 0.1) is 0 Å². The third-order valence-electron chi connectivity index (χ3n) is 4.48. The first-order valence-electron chi connectivity index (χ1n) is 7.75. The summed E-state index contributed by atoms with van der Waals surface area (Å²) in [6, 6.07) is 9.28. The highest BCUT2D eigenvalue weighted by Crippen LogP contribution is 2.34. The Kier molecular flexibility index (Phi) is 3.99. The first-order chi connectivity index (χ1) is 9.67. The lowest BCUT2D eigenvalue weighted by atomic mass is 9.89. The van der Waals surface area contributed by atoms with Crippen molar-refractivity contribution >= 4 is 5.69 Å². The predicted molar refractivity (Wildman–Crippen MR) is 81.3 cm³/mol. The van der Waals surface area contributed by atoms with E-state index in [0.29, 0.717) is 12.0 Å². The first-order valence-corrected chi connectivity index (χ1v) is 7.75. The molecule has 1 aromatic rings. The Bertz CT molecular complexity index is 452. The van der Waals surface area contributed by atoms with Crippen LogP contribution in [0.2, 0.25) is 0 Å². The molecule has 1 spiro atoms. The van der Waals surface area contributed by atoms with Crippen molar-refractivity contribution < 1.29 is 9.47 Å². The second-order valence-electron chi connectivity index (χ2n) is 6.45. The van der Waals surface area contributed by atoms with Gasteiger partial charge in [0, 0.05) is 31.4 Å². The van der Waals surface area contributed by atoms with Gasteiger partial charge in [0.15, 0.2) is 0 Å². The van der Waals surface area contributed by atoms with E-state index >= 15 is 0 Å². The van der Waals surface area contributed by atoms with Gasteiger partial charge >= 0.3 is 0 Å². The van der Waals surface area contributed by atoms with Crippen LogP contribution in [0.3, 0.4) is 0 Å². The molecule has 2 unspecified atom stereocenters. The molecule has 2 heterocycles. The summed E-state index contributed by atoms with van der Waals surface area (Å²) in [7, 11) is 0. The molecule has 20 heavy (non-hydrogen) atoms. The van der Waals surface area contributed by atoms with E-state index in [1.54, 1.807) is 0 Å². The van der Waals surface area contributed by atoms with Crippen molar-refractivity contribution in [2.75, 3.05) is 25.1 Å². The molecule has 2 aliphatic heterocycles. The second kappa shape index (κ2) is 5.74. The number of hydrogen-bond donors (Lipinski definition) is 1. The lowest BCUT2D eigenvalue weighted by Crippen LogP contribution is -2.44. The van der Waals surface area contributed by atoms with Gasteiger partial charge in [-0.25, -0.2) is 0 Å². The summed E-state index contributed by atoms with van der Waals surface area (Å²) >= 11 is 0. The maximum absolute atomic E-state index is 5.99. The molecule has 2 fully saturated rings. The van der Waals surface area contributed by atoms with Gasteiger partial charge in [-0.15, -0.1) is 0 Å². The Labute approximate surface area is 121 Å². The smallest absolute Gasteiger partial charge is 0.0956 e. The summed E-state index contributed by atoms with van der Waals surface area (Å²) in [4.78, 5) is 0.